The molecule has 0 atom stereocenters. The second kappa shape index (κ2) is 11.0. The van der Waals surface area contributed by atoms with Crippen molar-refractivity contribution in [1.29, 1.82) is 0 Å². The molecule has 102 valence electrons. The molecule has 0 amide bonds. The van der Waals surface area contributed by atoms with Crippen LogP contribution in [0.1, 0.15) is 42.5 Å². The summed E-state index contributed by atoms with van der Waals surface area (Å²) < 4.78 is 0. The average molecular weight is 272 g/mol. The molecule has 0 fully saturated rings. The summed E-state index contributed by atoms with van der Waals surface area (Å²) in [6.07, 6.45) is 2.67. The van der Waals surface area contributed by atoms with Crippen LogP contribution in [-0.4, -0.2) is 16.3 Å². The van der Waals surface area contributed by atoms with Crippen LogP contribution in [0, 0.1) is 27.7 Å². The predicted molar refractivity (Wildman–Crippen MR) is 83.9 cm³/mol. The van der Waals surface area contributed by atoms with Gasteiger partial charge in [0.15, 0.2) is 0 Å². The first-order valence-electron chi connectivity index (χ1n) is 6.83. The molecular weight excluding hydrogens is 247 g/mol. The Balaban J connectivity index is 0.000000261. The summed E-state index contributed by atoms with van der Waals surface area (Å²) in [6, 6.07) is 8.04. The average Bonchev–Trinajstić information content (AvgIpc) is 2.90. The normalized spacial score (nSPS) is 9.21. The van der Waals surface area contributed by atoms with Crippen LogP contribution in [0.15, 0.2) is 24.3 Å². The smallest absolute Gasteiger partial charge is 0.0607 e. The van der Waals surface area contributed by atoms with Gasteiger partial charge in [-0.25, -0.2) is 0 Å². The molecule has 2 aromatic rings. The molecule has 2 rings (SSSR count). The fourth-order valence-corrected chi connectivity index (χ4v) is 1.80. The summed E-state index contributed by atoms with van der Waals surface area (Å²) in [7, 11) is 0. The van der Waals surface area contributed by atoms with Crippen molar-refractivity contribution >= 4 is 16.3 Å². The van der Waals surface area contributed by atoms with Crippen molar-refractivity contribution < 1.29 is 0 Å². The zero-order chi connectivity index (χ0) is 14.7. The third-order valence-corrected chi connectivity index (χ3v) is 2.80. The van der Waals surface area contributed by atoms with E-state index in [-0.39, 0.29) is 0 Å². The molecule has 19 heavy (non-hydrogen) atoms. The topological polar surface area (TPSA) is 28.2 Å². The number of nitrogens with zero attached hydrogens (tertiary/aromatic N) is 2. The summed E-state index contributed by atoms with van der Waals surface area (Å²) in [6.45, 7) is 10.2. The number of aromatic nitrogens is 2. The molecule has 0 N–H and O–H groups in total. The quantitative estimate of drug-likeness (QED) is 0.776. The molecular formula is C16H25AlN2. The van der Waals surface area contributed by atoms with Gasteiger partial charge < -0.3 is 9.97 Å². The second-order valence-electron chi connectivity index (χ2n) is 4.60. The molecule has 0 aromatic carbocycles. The van der Waals surface area contributed by atoms with Crippen LogP contribution in [0.2, 0.25) is 5.28 Å². The van der Waals surface area contributed by atoms with Crippen molar-refractivity contribution in [3.8, 4) is 0 Å². The Bertz CT molecular complexity index is 356. The molecule has 0 bridgehead atoms. The Kier molecular flexibility index (Phi) is 10.4. The molecule has 0 aliphatic carbocycles. The molecule has 0 saturated carbocycles. The van der Waals surface area contributed by atoms with Gasteiger partial charge in [0.2, 0.25) is 0 Å². The van der Waals surface area contributed by atoms with E-state index in [0.29, 0.717) is 0 Å². The van der Waals surface area contributed by atoms with Gasteiger partial charge in [-0.2, -0.15) is 22.8 Å². The standard InChI is InChI=1S/2C6H8N.C4H9.Al/c2*1-5-3-4-6(2)7-5;1-3-4-2;/h2*3-4H,1-2H3;1,3-4H2,2H3;/q2*-1;;+2. The molecule has 0 unspecified atom stereocenters. The summed E-state index contributed by atoms with van der Waals surface area (Å²) in [4.78, 5) is 8.22. The molecule has 0 spiro atoms. The van der Waals surface area contributed by atoms with Crippen LogP contribution in [0.25, 0.3) is 0 Å². The Morgan fingerprint density at radius 3 is 1.16 bits per heavy atom. The molecule has 2 aromatic heterocycles. The summed E-state index contributed by atoms with van der Waals surface area (Å²) >= 11 is 2.70. The molecule has 3 heteroatoms. The van der Waals surface area contributed by atoms with E-state index >= 15 is 0 Å². The Labute approximate surface area is 126 Å². The SMILES string of the molecule is CCC[CH2][Al+2].Cc1ccc(C)[n-]1.Cc1ccc(C)[n-]1. The first-order chi connectivity index (χ1) is 8.99. The zero-order valence-electron chi connectivity index (χ0n) is 12.9. The van der Waals surface area contributed by atoms with E-state index in [1.165, 1.54) is 18.1 Å². The summed E-state index contributed by atoms with van der Waals surface area (Å²) in [5.41, 5.74) is 4.44. The Hall–Kier alpha value is -0.908. The number of rotatable bonds is 2. The van der Waals surface area contributed by atoms with Gasteiger partial charge in [-0.1, -0.05) is 52.0 Å². The predicted octanol–water partition coefficient (Wildman–Crippen LogP) is 3.89. The van der Waals surface area contributed by atoms with Gasteiger partial charge in [0.05, 0.1) is 0 Å². The van der Waals surface area contributed by atoms with Gasteiger partial charge >= 0.3 is 41.3 Å². The van der Waals surface area contributed by atoms with E-state index in [4.69, 9.17) is 0 Å². The third kappa shape index (κ3) is 10.7. The van der Waals surface area contributed by atoms with Gasteiger partial charge in [0.1, 0.15) is 0 Å². The second-order valence-corrected chi connectivity index (χ2v) is 5.18. The first-order valence-corrected chi connectivity index (χ1v) is 7.65. The Morgan fingerprint density at radius 1 is 0.789 bits per heavy atom. The van der Waals surface area contributed by atoms with Gasteiger partial charge in [-0.05, 0) is 0 Å². The van der Waals surface area contributed by atoms with Crippen LogP contribution in [0.5, 0.6) is 0 Å². The van der Waals surface area contributed by atoms with E-state index in [1.807, 2.05) is 52.0 Å². The first kappa shape index (κ1) is 18.1. The van der Waals surface area contributed by atoms with Crippen molar-refractivity contribution in [2.24, 2.45) is 0 Å². The van der Waals surface area contributed by atoms with Crippen molar-refractivity contribution in [2.45, 2.75) is 52.7 Å². The molecule has 0 aliphatic rings. The van der Waals surface area contributed by atoms with Crippen LogP contribution < -0.4 is 9.97 Å². The maximum absolute atomic E-state index is 4.11. The molecule has 0 radical (unpaired) electrons. The van der Waals surface area contributed by atoms with Gasteiger partial charge in [-0.3, -0.25) is 0 Å². The van der Waals surface area contributed by atoms with E-state index in [9.17, 15) is 0 Å². The van der Waals surface area contributed by atoms with Gasteiger partial charge in [0.25, 0.3) is 0 Å². The van der Waals surface area contributed by atoms with E-state index < -0.39 is 0 Å². The number of hydrogen-bond donors (Lipinski definition) is 0. The Morgan fingerprint density at radius 2 is 1.11 bits per heavy atom. The van der Waals surface area contributed by atoms with Gasteiger partial charge in [0, 0.05) is 0 Å². The van der Waals surface area contributed by atoms with Gasteiger partial charge in [-0.15, -0.1) is 0 Å². The fraction of sp³-hybridized carbons (Fsp3) is 0.500. The van der Waals surface area contributed by atoms with Crippen LogP contribution in [-0.2, 0) is 0 Å². The minimum atomic E-state index is 1.11. The maximum atomic E-state index is 4.11. The van der Waals surface area contributed by atoms with E-state index in [0.717, 1.165) is 22.8 Å². The summed E-state index contributed by atoms with van der Waals surface area (Å²) in [5.74, 6) is 0. The fourth-order valence-electron chi connectivity index (χ4n) is 1.39. The minimum Gasteiger partial charge on any atom is -0.665 e. The minimum absolute atomic E-state index is 1.11. The number of hydrogen-bond acceptors (Lipinski definition) is 0. The zero-order valence-corrected chi connectivity index (χ0v) is 14.1. The molecule has 2 heterocycles. The molecule has 0 aliphatic heterocycles. The third-order valence-electron chi connectivity index (χ3n) is 2.39. The van der Waals surface area contributed by atoms with Crippen LogP contribution in [0.4, 0.5) is 0 Å². The maximum Gasteiger partial charge on any atom is -0.0607 e. The van der Waals surface area contributed by atoms with Crippen molar-refractivity contribution in [2.75, 3.05) is 0 Å². The molecule has 0 saturated heterocycles. The summed E-state index contributed by atoms with van der Waals surface area (Å²) in [5, 5.41) is 1.26. The molecule has 2 nitrogen and oxygen atoms in total. The van der Waals surface area contributed by atoms with Crippen molar-refractivity contribution in [3.05, 3.63) is 47.0 Å². The van der Waals surface area contributed by atoms with E-state index in [1.54, 1.807) is 0 Å². The van der Waals surface area contributed by atoms with Crippen LogP contribution in [0.3, 0.4) is 0 Å². The van der Waals surface area contributed by atoms with Crippen LogP contribution >= 0.6 is 0 Å². The monoisotopic (exact) mass is 272 g/mol. The number of unbranched alkanes of at least 4 members (excludes halogenated alkanes) is 1. The largest absolute Gasteiger partial charge is 0.665 e. The van der Waals surface area contributed by atoms with Crippen molar-refractivity contribution in [1.82, 2.24) is 9.97 Å². The number of aryl methyl sites for hydroxylation is 4. The van der Waals surface area contributed by atoms with E-state index in [2.05, 4.69) is 33.2 Å². The van der Waals surface area contributed by atoms with Crippen molar-refractivity contribution in [3.63, 3.8) is 0 Å².